The normalized spacial score (nSPS) is 10.4. The third-order valence-electron chi connectivity index (χ3n) is 2.37. The van der Waals surface area contributed by atoms with Crippen LogP contribution in [0, 0.1) is 5.82 Å². The zero-order valence-electron chi connectivity index (χ0n) is 8.74. The molecule has 0 unspecified atom stereocenters. The van der Waals surface area contributed by atoms with Gasteiger partial charge in [0.25, 0.3) is 0 Å². The molecular weight excluding hydrogens is 227 g/mol. The van der Waals surface area contributed by atoms with Crippen LogP contribution in [0.4, 0.5) is 4.39 Å². The van der Waals surface area contributed by atoms with Crippen LogP contribution in [-0.2, 0) is 6.42 Å². The van der Waals surface area contributed by atoms with E-state index in [-0.39, 0.29) is 5.15 Å². The molecule has 0 fully saturated rings. The largest absolute Gasteiger partial charge is 0.256 e. The summed E-state index contributed by atoms with van der Waals surface area (Å²) in [4.78, 5) is 7.88. The standard InChI is InChI=1S/C12H10ClFN2/c1-2-8-4-3-6-15-11(8)9-5-7-16-12(13)10(9)14/h3-7H,2H2,1H3. The number of hydrogen-bond donors (Lipinski definition) is 0. The van der Waals surface area contributed by atoms with E-state index in [0.29, 0.717) is 11.3 Å². The lowest BCUT2D eigenvalue weighted by atomic mass is 10.1. The zero-order valence-corrected chi connectivity index (χ0v) is 9.50. The van der Waals surface area contributed by atoms with Crippen molar-refractivity contribution >= 4 is 11.6 Å². The van der Waals surface area contributed by atoms with E-state index in [9.17, 15) is 4.39 Å². The van der Waals surface area contributed by atoms with Gasteiger partial charge in [-0.1, -0.05) is 24.6 Å². The van der Waals surface area contributed by atoms with E-state index in [0.717, 1.165) is 12.0 Å². The second-order valence-corrected chi connectivity index (χ2v) is 3.69. The molecule has 0 amide bonds. The Labute approximate surface area is 98.1 Å². The van der Waals surface area contributed by atoms with Crippen molar-refractivity contribution in [2.24, 2.45) is 0 Å². The van der Waals surface area contributed by atoms with Gasteiger partial charge in [0.05, 0.1) is 5.69 Å². The van der Waals surface area contributed by atoms with Gasteiger partial charge in [-0.05, 0) is 24.1 Å². The average Bonchev–Trinajstić information content (AvgIpc) is 2.33. The molecule has 0 atom stereocenters. The Kier molecular flexibility index (Phi) is 3.15. The molecule has 0 saturated heterocycles. The number of nitrogens with zero attached hydrogens (tertiary/aromatic N) is 2. The van der Waals surface area contributed by atoms with E-state index in [4.69, 9.17) is 11.6 Å². The Morgan fingerprint density at radius 3 is 2.81 bits per heavy atom. The van der Waals surface area contributed by atoms with Crippen molar-refractivity contribution in [2.45, 2.75) is 13.3 Å². The molecule has 2 nitrogen and oxygen atoms in total. The highest BCUT2D eigenvalue weighted by molar-refractivity contribution is 6.29. The molecule has 0 N–H and O–H groups in total. The van der Waals surface area contributed by atoms with E-state index in [1.165, 1.54) is 6.20 Å². The van der Waals surface area contributed by atoms with Crippen LogP contribution >= 0.6 is 11.6 Å². The number of rotatable bonds is 2. The smallest absolute Gasteiger partial charge is 0.169 e. The minimum absolute atomic E-state index is 0.120. The van der Waals surface area contributed by atoms with E-state index in [2.05, 4.69) is 9.97 Å². The molecule has 0 aliphatic rings. The summed E-state index contributed by atoms with van der Waals surface area (Å²) in [7, 11) is 0. The molecule has 2 aromatic rings. The Morgan fingerprint density at radius 1 is 1.25 bits per heavy atom. The van der Waals surface area contributed by atoms with Crippen LogP contribution in [0.15, 0.2) is 30.6 Å². The van der Waals surface area contributed by atoms with Crippen LogP contribution in [0.3, 0.4) is 0 Å². The van der Waals surface area contributed by atoms with Gasteiger partial charge in [0.15, 0.2) is 11.0 Å². The predicted molar refractivity (Wildman–Crippen MR) is 61.8 cm³/mol. The lowest BCUT2D eigenvalue weighted by Gasteiger charge is -2.07. The Balaban J connectivity index is 2.63. The zero-order chi connectivity index (χ0) is 11.5. The van der Waals surface area contributed by atoms with E-state index in [1.54, 1.807) is 12.3 Å². The highest BCUT2D eigenvalue weighted by Crippen LogP contribution is 2.27. The van der Waals surface area contributed by atoms with Gasteiger partial charge >= 0.3 is 0 Å². The summed E-state index contributed by atoms with van der Waals surface area (Å²) in [5.41, 5.74) is 2.02. The van der Waals surface area contributed by atoms with Crippen LogP contribution < -0.4 is 0 Å². The van der Waals surface area contributed by atoms with Crippen LogP contribution in [0.1, 0.15) is 12.5 Å². The summed E-state index contributed by atoms with van der Waals surface area (Å²) in [5, 5.41) is -0.120. The summed E-state index contributed by atoms with van der Waals surface area (Å²) in [5.74, 6) is -0.516. The number of pyridine rings is 2. The van der Waals surface area contributed by atoms with Gasteiger partial charge in [-0.15, -0.1) is 0 Å². The third kappa shape index (κ3) is 1.91. The first kappa shape index (κ1) is 11.0. The fourth-order valence-electron chi connectivity index (χ4n) is 1.57. The molecule has 0 bridgehead atoms. The molecule has 2 aromatic heterocycles. The van der Waals surface area contributed by atoms with E-state index >= 15 is 0 Å². The molecule has 0 radical (unpaired) electrons. The van der Waals surface area contributed by atoms with Gasteiger partial charge in [-0.25, -0.2) is 9.37 Å². The summed E-state index contributed by atoms with van der Waals surface area (Å²) in [6.07, 6.45) is 3.92. The van der Waals surface area contributed by atoms with Crippen molar-refractivity contribution in [3.8, 4) is 11.3 Å². The summed E-state index contributed by atoms with van der Waals surface area (Å²) < 4.78 is 13.8. The number of hydrogen-bond acceptors (Lipinski definition) is 2. The lowest BCUT2D eigenvalue weighted by molar-refractivity contribution is 0.624. The third-order valence-corrected chi connectivity index (χ3v) is 2.64. The minimum Gasteiger partial charge on any atom is -0.256 e. The maximum Gasteiger partial charge on any atom is 0.169 e. The molecule has 0 aliphatic heterocycles. The highest BCUT2D eigenvalue weighted by atomic mass is 35.5. The van der Waals surface area contributed by atoms with Gasteiger partial charge in [0, 0.05) is 18.0 Å². The van der Waals surface area contributed by atoms with E-state index < -0.39 is 5.82 Å². The summed E-state index contributed by atoms with van der Waals surface area (Å²) in [6.45, 7) is 2.00. The van der Waals surface area contributed by atoms with Crippen molar-refractivity contribution in [3.63, 3.8) is 0 Å². The fraction of sp³-hybridized carbons (Fsp3) is 0.167. The molecule has 0 spiro atoms. The summed E-state index contributed by atoms with van der Waals surface area (Å²) in [6, 6.07) is 5.35. The van der Waals surface area contributed by atoms with Crippen molar-refractivity contribution in [1.82, 2.24) is 9.97 Å². The van der Waals surface area contributed by atoms with Gasteiger partial charge < -0.3 is 0 Å². The van der Waals surface area contributed by atoms with E-state index in [1.807, 2.05) is 19.1 Å². The van der Waals surface area contributed by atoms with Crippen LogP contribution in [0.25, 0.3) is 11.3 Å². The Morgan fingerprint density at radius 2 is 2.06 bits per heavy atom. The Bertz CT molecular complexity index is 514. The highest BCUT2D eigenvalue weighted by Gasteiger charge is 2.12. The molecule has 0 aliphatic carbocycles. The molecular formula is C12H10ClFN2. The topological polar surface area (TPSA) is 25.8 Å². The summed E-state index contributed by atoms with van der Waals surface area (Å²) >= 11 is 5.65. The first-order valence-corrected chi connectivity index (χ1v) is 5.36. The second kappa shape index (κ2) is 4.58. The van der Waals surface area contributed by atoms with Crippen molar-refractivity contribution < 1.29 is 4.39 Å². The minimum atomic E-state index is -0.516. The molecule has 4 heteroatoms. The monoisotopic (exact) mass is 236 g/mol. The van der Waals surface area contributed by atoms with Crippen LogP contribution in [-0.4, -0.2) is 9.97 Å². The number of aromatic nitrogens is 2. The molecule has 2 rings (SSSR count). The maximum atomic E-state index is 13.8. The van der Waals surface area contributed by atoms with Crippen molar-refractivity contribution in [1.29, 1.82) is 0 Å². The fourth-order valence-corrected chi connectivity index (χ4v) is 1.73. The van der Waals surface area contributed by atoms with Crippen molar-refractivity contribution in [2.75, 3.05) is 0 Å². The first-order valence-electron chi connectivity index (χ1n) is 4.98. The maximum absolute atomic E-state index is 13.8. The SMILES string of the molecule is CCc1cccnc1-c1ccnc(Cl)c1F. The number of aryl methyl sites for hydroxylation is 1. The molecule has 0 aromatic carbocycles. The van der Waals surface area contributed by atoms with Crippen molar-refractivity contribution in [3.05, 3.63) is 47.1 Å². The quantitative estimate of drug-likeness (QED) is 0.746. The van der Waals surface area contributed by atoms with Gasteiger partial charge in [0.2, 0.25) is 0 Å². The molecule has 0 saturated carbocycles. The van der Waals surface area contributed by atoms with Crippen LogP contribution in [0.5, 0.6) is 0 Å². The molecule has 82 valence electrons. The van der Waals surface area contributed by atoms with Crippen LogP contribution in [0.2, 0.25) is 5.15 Å². The predicted octanol–water partition coefficient (Wildman–Crippen LogP) is 3.50. The van der Waals surface area contributed by atoms with Gasteiger partial charge in [-0.2, -0.15) is 0 Å². The number of halogens is 2. The lowest BCUT2D eigenvalue weighted by Crippen LogP contribution is -1.95. The Hall–Kier alpha value is -1.48. The second-order valence-electron chi connectivity index (χ2n) is 3.33. The van der Waals surface area contributed by atoms with Gasteiger partial charge in [0.1, 0.15) is 0 Å². The van der Waals surface area contributed by atoms with Gasteiger partial charge in [-0.3, -0.25) is 4.98 Å². The molecule has 2 heterocycles. The first-order chi connectivity index (χ1) is 7.74. The molecule has 16 heavy (non-hydrogen) atoms. The average molecular weight is 237 g/mol.